The van der Waals surface area contributed by atoms with E-state index in [-0.39, 0.29) is 16.8 Å². The van der Waals surface area contributed by atoms with Crippen LogP contribution in [0.4, 0.5) is 0 Å². The Morgan fingerprint density at radius 3 is 2.44 bits per heavy atom. The summed E-state index contributed by atoms with van der Waals surface area (Å²) in [6.07, 6.45) is 6.43. The van der Waals surface area contributed by atoms with Gasteiger partial charge < -0.3 is 5.32 Å². The van der Waals surface area contributed by atoms with E-state index in [0.717, 1.165) is 36.8 Å². The van der Waals surface area contributed by atoms with Crippen LogP contribution in [0.2, 0.25) is 0 Å². The molecule has 5 nitrogen and oxygen atoms in total. The summed E-state index contributed by atoms with van der Waals surface area (Å²) in [6.45, 7) is 7.05. The van der Waals surface area contributed by atoms with Gasteiger partial charge >= 0.3 is 0 Å². The van der Waals surface area contributed by atoms with Gasteiger partial charge in [0.25, 0.3) is 5.91 Å². The van der Waals surface area contributed by atoms with Gasteiger partial charge in [0.1, 0.15) is 0 Å². The molecule has 2 aromatic rings. The zero-order chi connectivity index (χ0) is 22.9. The van der Waals surface area contributed by atoms with Crippen LogP contribution in [-0.2, 0) is 22.9 Å². The molecule has 1 fully saturated rings. The zero-order valence-electron chi connectivity index (χ0n) is 19.4. The molecule has 0 spiro atoms. The molecule has 0 aromatic heterocycles. The highest BCUT2D eigenvalue weighted by Gasteiger charge is 2.29. The van der Waals surface area contributed by atoms with Crippen molar-refractivity contribution in [2.45, 2.75) is 70.2 Å². The van der Waals surface area contributed by atoms with Gasteiger partial charge in [-0.15, -0.1) is 0 Å². The predicted molar refractivity (Wildman–Crippen MR) is 127 cm³/mol. The standard InChI is InChI=1S/C26H34N2O3S/c1-18-12-14-28(15-13-18)32(30,31)24-11-8-19(2)25(17-24)26(29)27-20(3)22-10-9-21-6-4-5-7-23(21)16-22/h8-11,16-18,20H,4-7,12-15H2,1-3H3,(H,27,29)/t20-/m1/s1. The Labute approximate surface area is 192 Å². The van der Waals surface area contributed by atoms with Crippen molar-refractivity contribution >= 4 is 15.9 Å². The SMILES string of the molecule is Cc1ccc(S(=O)(=O)N2CCC(C)CC2)cc1C(=O)N[C@H](C)c1ccc2c(c1)CCCC2. The lowest BCUT2D eigenvalue weighted by molar-refractivity contribution is 0.0939. The van der Waals surface area contributed by atoms with Crippen LogP contribution < -0.4 is 5.32 Å². The van der Waals surface area contributed by atoms with Gasteiger partial charge in [0, 0.05) is 18.7 Å². The summed E-state index contributed by atoms with van der Waals surface area (Å²) in [7, 11) is -3.60. The molecular formula is C26H34N2O3S. The molecule has 32 heavy (non-hydrogen) atoms. The lowest BCUT2D eigenvalue weighted by atomic mass is 9.89. The van der Waals surface area contributed by atoms with Gasteiger partial charge in [0.05, 0.1) is 10.9 Å². The summed E-state index contributed by atoms with van der Waals surface area (Å²) in [6, 6.07) is 11.2. The van der Waals surface area contributed by atoms with Gasteiger partial charge in [-0.2, -0.15) is 4.31 Å². The van der Waals surface area contributed by atoms with Crippen molar-refractivity contribution in [2.75, 3.05) is 13.1 Å². The van der Waals surface area contributed by atoms with Crippen LogP contribution in [0.3, 0.4) is 0 Å². The lowest BCUT2D eigenvalue weighted by Gasteiger charge is -2.29. The molecule has 2 aliphatic rings. The molecule has 0 bridgehead atoms. The first-order chi connectivity index (χ1) is 15.3. The number of hydrogen-bond donors (Lipinski definition) is 1. The van der Waals surface area contributed by atoms with Crippen molar-refractivity contribution in [1.82, 2.24) is 9.62 Å². The first-order valence-electron chi connectivity index (χ1n) is 11.8. The van der Waals surface area contributed by atoms with Crippen LogP contribution in [0, 0.1) is 12.8 Å². The summed E-state index contributed by atoms with van der Waals surface area (Å²) in [5.74, 6) is 0.308. The van der Waals surface area contributed by atoms with Crippen molar-refractivity contribution < 1.29 is 13.2 Å². The maximum Gasteiger partial charge on any atom is 0.252 e. The zero-order valence-corrected chi connectivity index (χ0v) is 20.2. The number of amides is 1. The Balaban J connectivity index is 1.52. The molecule has 4 rings (SSSR count). The molecule has 1 amide bonds. The second kappa shape index (κ2) is 9.36. The second-order valence-electron chi connectivity index (χ2n) is 9.49. The van der Waals surface area contributed by atoms with E-state index < -0.39 is 10.0 Å². The highest BCUT2D eigenvalue weighted by molar-refractivity contribution is 7.89. The molecule has 6 heteroatoms. The number of benzene rings is 2. The monoisotopic (exact) mass is 454 g/mol. The van der Waals surface area contributed by atoms with Crippen molar-refractivity contribution in [3.63, 3.8) is 0 Å². The number of rotatable bonds is 5. The number of aryl methyl sites for hydroxylation is 3. The molecule has 1 aliphatic heterocycles. The van der Waals surface area contributed by atoms with Crippen molar-refractivity contribution in [3.05, 3.63) is 64.2 Å². The second-order valence-corrected chi connectivity index (χ2v) is 11.4. The van der Waals surface area contributed by atoms with E-state index >= 15 is 0 Å². The molecule has 1 atom stereocenters. The first kappa shape index (κ1) is 23.0. The van der Waals surface area contributed by atoms with Gasteiger partial charge in [-0.1, -0.05) is 31.2 Å². The van der Waals surface area contributed by atoms with Crippen LogP contribution in [0.5, 0.6) is 0 Å². The first-order valence-corrected chi connectivity index (χ1v) is 13.2. The predicted octanol–water partition coefficient (Wildman–Crippen LogP) is 4.79. The third-order valence-corrected chi connectivity index (χ3v) is 8.95. The number of nitrogens with zero attached hydrogens (tertiary/aromatic N) is 1. The Kier molecular flexibility index (Phi) is 6.72. The Morgan fingerprint density at radius 2 is 1.72 bits per heavy atom. The highest BCUT2D eigenvalue weighted by atomic mass is 32.2. The fourth-order valence-electron chi connectivity index (χ4n) is 4.76. The molecule has 0 saturated carbocycles. The lowest BCUT2D eigenvalue weighted by Crippen LogP contribution is -2.38. The van der Waals surface area contributed by atoms with Crippen LogP contribution >= 0.6 is 0 Å². The number of nitrogens with one attached hydrogen (secondary N) is 1. The van der Waals surface area contributed by atoms with Gasteiger partial charge in [-0.05, 0) is 92.7 Å². The van der Waals surface area contributed by atoms with E-state index in [9.17, 15) is 13.2 Å². The van der Waals surface area contributed by atoms with Crippen LogP contribution in [0.1, 0.15) is 78.2 Å². The molecule has 1 N–H and O–H groups in total. The number of hydrogen-bond acceptors (Lipinski definition) is 3. The van der Waals surface area contributed by atoms with E-state index in [1.165, 1.54) is 30.0 Å². The van der Waals surface area contributed by atoms with Gasteiger partial charge in [0.2, 0.25) is 10.0 Å². The Bertz CT molecular complexity index is 1100. The topological polar surface area (TPSA) is 66.5 Å². The van der Waals surface area contributed by atoms with E-state index in [4.69, 9.17) is 0 Å². The molecular weight excluding hydrogens is 420 g/mol. The van der Waals surface area contributed by atoms with E-state index in [1.54, 1.807) is 16.4 Å². The van der Waals surface area contributed by atoms with Gasteiger partial charge in [0.15, 0.2) is 0 Å². The van der Waals surface area contributed by atoms with Gasteiger partial charge in [-0.3, -0.25) is 4.79 Å². The molecule has 1 heterocycles. The van der Waals surface area contributed by atoms with E-state index in [2.05, 4.69) is 30.4 Å². The van der Waals surface area contributed by atoms with Crippen molar-refractivity contribution in [2.24, 2.45) is 5.92 Å². The van der Waals surface area contributed by atoms with Crippen molar-refractivity contribution in [1.29, 1.82) is 0 Å². The fourth-order valence-corrected chi connectivity index (χ4v) is 6.26. The molecule has 172 valence electrons. The normalized spacial score (nSPS) is 18.7. The number of sulfonamides is 1. The maximum absolute atomic E-state index is 13.2. The van der Waals surface area contributed by atoms with E-state index in [0.29, 0.717) is 24.6 Å². The summed E-state index contributed by atoms with van der Waals surface area (Å²) in [4.78, 5) is 13.3. The Hall–Kier alpha value is -2.18. The average Bonchev–Trinajstić information content (AvgIpc) is 2.79. The molecule has 2 aromatic carbocycles. The van der Waals surface area contributed by atoms with Crippen LogP contribution in [0.25, 0.3) is 0 Å². The smallest absolute Gasteiger partial charge is 0.252 e. The third kappa shape index (κ3) is 4.76. The summed E-state index contributed by atoms with van der Waals surface area (Å²) >= 11 is 0. The molecule has 0 radical (unpaired) electrons. The number of piperidine rings is 1. The Morgan fingerprint density at radius 1 is 1.03 bits per heavy atom. The minimum atomic E-state index is -3.60. The summed E-state index contributed by atoms with van der Waals surface area (Å²) in [5.41, 5.74) is 5.07. The number of fused-ring (bicyclic) bond motifs is 1. The van der Waals surface area contributed by atoms with E-state index in [1.807, 2.05) is 13.8 Å². The molecule has 1 saturated heterocycles. The number of carbonyl (C=O) groups is 1. The van der Waals surface area contributed by atoms with Crippen molar-refractivity contribution in [3.8, 4) is 0 Å². The van der Waals surface area contributed by atoms with Crippen LogP contribution in [0.15, 0.2) is 41.3 Å². The quantitative estimate of drug-likeness (QED) is 0.707. The molecule has 0 unspecified atom stereocenters. The number of carbonyl (C=O) groups excluding carboxylic acids is 1. The summed E-state index contributed by atoms with van der Waals surface area (Å²) in [5, 5.41) is 3.08. The average molecular weight is 455 g/mol. The molecule has 1 aliphatic carbocycles. The largest absolute Gasteiger partial charge is 0.346 e. The highest BCUT2D eigenvalue weighted by Crippen LogP contribution is 2.27. The third-order valence-electron chi connectivity index (χ3n) is 7.05. The minimum absolute atomic E-state index is 0.155. The van der Waals surface area contributed by atoms with Gasteiger partial charge in [-0.25, -0.2) is 8.42 Å². The van der Waals surface area contributed by atoms with Crippen LogP contribution in [-0.4, -0.2) is 31.7 Å². The summed E-state index contributed by atoms with van der Waals surface area (Å²) < 4.78 is 27.9. The minimum Gasteiger partial charge on any atom is -0.346 e. The maximum atomic E-state index is 13.2. The fraction of sp³-hybridized carbons (Fsp3) is 0.500.